The van der Waals surface area contributed by atoms with Crippen molar-refractivity contribution in [1.82, 2.24) is 5.32 Å². The second-order valence-corrected chi connectivity index (χ2v) is 7.70. The van der Waals surface area contributed by atoms with Crippen molar-refractivity contribution in [2.24, 2.45) is 0 Å². The smallest absolute Gasteiger partial charge is 0.171 e. The average Bonchev–Trinajstić information content (AvgIpc) is 2.49. The molecule has 0 spiro atoms. The average molecular weight is 409 g/mol. The molecule has 0 saturated heterocycles. The van der Waals surface area contributed by atoms with E-state index >= 15 is 0 Å². The Morgan fingerprint density at radius 1 is 1.29 bits per heavy atom. The summed E-state index contributed by atoms with van der Waals surface area (Å²) in [4.78, 5) is 0. The molecule has 0 radical (unpaired) electrons. The van der Waals surface area contributed by atoms with Crippen LogP contribution >= 0.6 is 28.1 Å². The molecule has 3 nitrogen and oxygen atoms in total. The molecule has 0 amide bonds. The lowest BCUT2D eigenvalue weighted by Gasteiger charge is -2.38. The fourth-order valence-corrected chi connectivity index (χ4v) is 3.42. The largest absolute Gasteiger partial charge is 0.487 e. The summed E-state index contributed by atoms with van der Waals surface area (Å²) >= 11 is 8.61. The first-order valence-electron chi connectivity index (χ1n) is 7.64. The van der Waals surface area contributed by atoms with Crippen LogP contribution in [0.5, 0.6) is 5.75 Å². The maximum Gasteiger partial charge on any atom is 0.171 e. The fraction of sp³-hybridized carbons (Fsp3) is 0.278. The maximum absolute atomic E-state index is 14.0. The zero-order valence-electron chi connectivity index (χ0n) is 13.4. The highest BCUT2D eigenvalue weighted by Gasteiger charge is 2.33. The van der Waals surface area contributed by atoms with Gasteiger partial charge in [-0.05, 0) is 50.3 Å². The van der Waals surface area contributed by atoms with Gasteiger partial charge in [-0.2, -0.15) is 0 Å². The van der Waals surface area contributed by atoms with Gasteiger partial charge in [0.25, 0.3) is 0 Å². The van der Waals surface area contributed by atoms with Crippen LogP contribution in [-0.4, -0.2) is 10.7 Å². The van der Waals surface area contributed by atoms with E-state index < -0.39 is 0 Å². The van der Waals surface area contributed by atoms with Crippen molar-refractivity contribution in [1.29, 1.82) is 0 Å². The van der Waals surface area contributed by atoms with Gasteiger partial charge < -0.3 is 15.4 Å². The molecule has 2 aromatic rings. The lowest BCUT2D eigenvalue weighted by molar-refractivity contribution is 0.0697. The first-order valence-corrected chi connectivity index (χ1v) is 8.85. The summed E-state index contributed by atoms with van der Waals surface area (Å²) < 4.78 is 20.6. The number of halogens is 2. The van der Waals surface area contributed by atoms with E-state index in [1.54, 1.807) is 12.1 Å². The van der Waals surface area contributed by atoms with E-state index in [0.29, 0.717) is 15.3 Å². The standard InChI is InChI=1S/C18H18BrFN2OS/c1-18(2)10-15(12-5-3-4-6-16(12)23-18)22-17(24)21-14-8-7-11(19)9-13(14)20/h3-9,15H,10H2,1-2H3,(H2,21,22,24). The van der Waals surface area contributed by atoms with E-state index in [-0.39, 0.29) is 17.5 Å². The summed E-state index contributed by atoms with van der Waals surface area (Å²) in [6.07, 6.45) is 0.759. The van der Waals surface area contributed by atoms with Crippen molar-refractivity contribution in [3.8, 4) is 5.75 Å². The van der Waals surface area contributed by atoms with Crippen molar-refractivity contribution < 1.29 is 9.13 Å². The van der Waals surface area contributed by atoms with Crippen LogP contribution in [0, 0.1) is 5.82 Å². The first kappa shape index (κ1) is 17.2. The van der Waals surface area contributed by atoms with Crippen molar-refractivity contribution in [3.63, 3.8) is 0 Å². The van der Waals surface area contributed by atoms with Crippen LogP contribution < -0.4 is 15.4 Å². The van der Waals surface area contributed by atoms with Gasteiger partial charge >= 0.3 is 0 Å². The Morgan fingerprint density at radius 3 is 2.79 bits per heavy atom. The second kappa shape index (κ2) is 6.69. The Balaban J connectivity index is 1.76. The number of benzene rings is 2. The van der Waals surface area contributed by atoms with Gasteiger partial charge in [-0.1, -0.05) is 34.1 Å². The number of hydrogen-bond donors (Lipinski definition) is 2. The molecule has 6 heteroatoms. The second-order valence-electron chi connectivity index (χ2n) is 6.38. The van der Waals surface area contributed by atoms with Crippen molar-refractivity contribution in [2.75, 3.05) is 5.32 Å². The lowest BCUT2D eigenvalue weighted by Crippen LogP contribution is -2.42. The lowest BCUT2D eigenvalue weighted by atomic mass is 9.90. The third-order valence-corrected chi connectivity index (χ3v) is 4.57. The molecule has 1 atom stereocenters. The molecule has 0 aromatic heterocycles. The number of para-hydroxylation sites is 1. The molecule has 24 heavy (non-hydrogen) atoms. The van der Waals surface area contributed by atoms with Crippen LogP contribution in [0.4, 0.5) is 10.1 Å². The quantitative estimate of drug-likeness (QED) is 0.670. The molecular weight excluding hydrogens is 391 g/mol. The summed E-state index contributed by atoms with van der Waals surface area (Å²) in [6.45, 7) is 4.09. The van der Waals surface area contributed by atoms with Gasteiger partial charge in [0, 0.05) is 16.5 Å². The highest BCUT2D eigenvalue weighted by atomic mass is 79.9. The van der Waals surface area contributed by atoms with Gasteiger partial charge in [-0.3, -0.25) is 0 Å². The molecule has 1 unspecified atom stereocenters. The van der Waals surface area contributed by atoms with Crippen LogP contribution in [0.3, 0.4) is 0 Å². The molecule has 0 fully saturated rings. The number of nitrogens with one attached hydrogen (secondary N) is 2. The minimum atomic E-state index is -0.360. The topological polar surface area (TPSA) is 33.3 Å². The zero-order chi connectivity index (χ0) is 17.3. The highest BCUT2D eigenvalue weighted by molar-refractivity contribution is 9.10. The number of thiocarbonyl (C=S) groups is 1. The van der Waals surface area contributed by atoms with Gasteiger partial charge in [0.2, 0.25) is 0 Å². The van der Waals surface area contributed by atoms with Crippen molar-refractivity contribution in [3.05, 3.63) is 58.3 Å². The summed E-state index contributed by atoms with van der Waals surface area (Å²) in [5, 5.41) is 6.59. The minimum absolute atomic E-state index is 0.00320. The SMILES string of the molecule is CC1(C)CC(NC(=S)Nc2ccc(Br)cc2F)c2ccccc2O1. The van der Waals surface area contributed by atoms with E-state index in [4.69, 9.17) is 17.0 Å². The number of hydrogen-bond acceptors (Lipinski definition) is 2. The number of rotatable bonds is 2. The predicted octanol–water partition coefficient (Wildman–Crippen LogP) is 5.18. The van der Waals surface area contributed by atoms with Crippen LogP contribution in [0.2, 0.25) is 0 Å². The van der Waals surface area contributed by atoms with E-state index in [0.717, 1.165) is 17.7 Å². The zero-order valence-corrected chi connectivity index (χ0v) is 15.8. The Morgan fingerprint density at radius 2 is 2.04 bits per heavy atom. The third-order valence-electron chi connectivity index (χ3n) is 3.86. The maximum atomic E-state index is 14.0. The molecule has 1 aliphatic rings. The molecule has 2 N–H and O–H groups in total. The predicted molar refractivity (Wildman–Crippen MR) is 102 cm³/mol. The molecule has 2 aromatic carbocycles. The monoisotopic (exact) mass is 408 g/mol. The molecule has 1 heterocycles. The van der Waals surface area contributed by atoms with Crippen LogP contribution in [0.25, 0.3) is 0 Å². The van der Waals surface area contributed by atoms with E-state index in [1.165, 1.54) is 6.07 Å². The molecule has 1 aliphatic heterocycles. The number of anilines is 1. The van der Waals surface area contributed by atoms with Gasteiger partial charge in [-0.15, -0.1) is 0 Å². The Hall–Kier alpha value is -1.66. The summed E-state index contributed by atoms with van der Waals surface area (Å²) in [5.41, 5.74) is 1.09. The summed E-state index contributed by atoms with van der Waals surface area (Å²) in [5.74, 6) is 0.491. The van der Waals surface area contributed by atoms with Crippen molar-refractivity contribution in [2.45, 2.75) is 31.9 Å². The Labute approximate surface area is 154 Å². The van der Waals surface area contributed by atoms with Gasteiger partial charge in [0.1, 0.15) is 17.2 Å². The molecular formula is C18H18BrFN2OS. The molecule has 0 aliphatic carbocycles. The first-order chi connectivity index (χ1) is 11.3. The van der Waals surface area contributed by atoms with Gasteiger partial charge in [0.05, 0.1) is 11.7 Å². The molecule has 0 saturated carbocycles. The van der Waals surface area contributed by atoms with Crippen LogP contribution in [0.15, 0.2) is 46.9 Å². The molecule has 126 valence electrons. The van der Waals surface area contributed by atoms with Crippen molar-refractivity contribution >= 4 is 38.9 Å². The van der Waals surface area contributed by atoms with Crippen LogP contribution in [0.1, 0.15) is 31.9 Å². The minimum Gasteiger partial charge on any atom is -0.487 e. The summed E-state index contributed by atoms with van der Waals surface area (Å²) in [7, 11) is 0. The van der Waals surface area contributed by atoms with E-state index in [2.05, 4.69) is 26.6 Å². The van der Waals surface area contributed by atoms with E-state index in [9.17, 15) is 4.39 Å². The molecule has 0 bridgehead atoms. The molecule has 3 rings (SSSR count). The van der Waals surface area contributed by atoms with Gasteiger partial charge in [0.15, 0.2) is 5.11 Å². The summed E-state index contributed by atoms with van der Waals surface area (Å²) in [6, 6.07) is 12.7. The fourth-order valence-electron chi connectivity index (χ4n) is 2.84. The number of ether oxygens (including phenoxy) is 1. The normalized spacial score (nSPS) is 18.2. The van der Waals surface area contributed by atoms with Crippen LogP contribution in [-0.2, 0) is 0 Å². The van der Waals surface area contributed by atoms with E-state index in [1.807, 2.05) is 38.1 Å². The Bertz CT molecular complexity index is 781. The highest BCUT2D eigenvalue weighted by Crippen LogP contribution is 2.39. The number of fused-ring (bicyclic) bond motifs is 1. The van der Waals surface area contributed by atoms with Gasteiger partial charge in [-0.25, -0.2) is 4.39 Å². The Kier molecular flexibility index (Phi) is 4.78. The third kappa shape index (κ3) is 3.87.